The Hall–Kier alpha value is -2.79. The van der Waals surface area contributed by atoms with Crippen LogP contribution in [0.15, 0.2) is 30.5 Å². The molecule has 3 saturated heterocycles. The quantitative estimate of drug-likeness (QED) is 0.516. The van der Waals surface area contributed by atoms with Crippen molar-refractivity contribution in [2.75, 3.05) is 32.7 Å². The van der Waals surface area contributed by atoms with Crippen LogP contribution in [0.3, 0.4) is 0 Å². The number of carbonyl (C=O) groups is 2. The largest absolute Gasteiger partial charge is 0.416 e. The minimum Gasteiger partial charge on any atom is -0.331 e. The highest BCUT2D eigenvalue weighted by Crippen LogP contribution is 2.45. The van der Waals surface area contributed by atoms with Gasteiger partial charge >= 0.3 is 12.2 Å². The van der Waals surface area contributed by atoms with Crippen LogP contribution in [0.25, 0.3) is 0 Å². The van der Waals surface area contributed by atoms with Crippen LogP contribution in [0.1, 0.15) is 96.5 Å². The van der Waals surface area contributed by atoms with E-state index >= 15 is 0 Å². The summed E-state index contributed by atoms with van der Waals surface area (Å²) in [5.41, 5.74) is 6.91. The van der Waals surface area contributed by atoms with Crippen LogP contribution in [-0.2, 0) is 6.18 Å². The third-order valence-electron chi connectivity index (χ3n) is 9.06. The number of nitrogens with zero attached hydrogens (tertiary/aromatic N) is 5. The molecule has 4 aliphatic rings. The van der Waals surface area contributed by atoms with Gasteiger partial charge in [0.05, 0.1) is 35.1 Å². The van der Waals surface area contributed by atoms with Crippen molar-refractivity contribution < 1.29 is 22.8 Å². The van der Waals surface area contributed by atoms with Gasteiger partial charge in [0.2, 0.25) is 0 Å². The molecule has 1 atom stereocenters. The van der Waals surface area contributed by atoms with Gasteiger partial charge in [0, 0.05) is 44.7 Å². The molecule has 1 aliphatic carbocycles. The Bertz CT molecular complexity index is 1250. The summed E-state index contributed by atoms with van der Waals surface area (Å²) in [5.74, 6) is 0.00531. The van der Waals surface area contributed by atoms with Gasteiger partial charge in [-0.15, -0.1) is 12.4 Å². The third-order valence-corrected chi connectivity index (χ3v) is 9.06. The van der Waals surface area contributed by atoms with Gasteiger partial charge in [-0.1, -0.05) is 18.2 Å². The first-order chi connectivity index (χ1) is 19.2. The van der Waals surface area contributed by atoms with Crippen LogP contribution in [0.5, 0.6) is 0 Å². The smallest absolute Gasteiger partial charge is 0.331 e. The number of halogens is 4. The maximum Gasteiger partial charge on any atom is 0.416 e. The Balaban J connectivity index is 0.00000337. The Morgan fingerprint density at radius 2 is 1.51 bits per heavy atom. The van der Waals surface area contributed by atoms with E-state index in [0.717, 1.165) is 50.3 Å². The van der Waals surface area contributed by atoms with E-state index in [1.54, 1.807) is 17.2 Å². The second-order valence-corrected chi connectivity index (χ2v) is 11.7. The van der Waals surface area contributed by atoms with Gasteiger partial charge in [-0.2, -0.15) is 18.3 Å². The number of rotatable bonds is 4. The lowest BCUT2D eigenvalue weighted by molar-refractivity contribution is -0.138. The Kier molecular flexibility index (Phi) is 8.57. The number of aromatic nitrogens is 2. The summed E-state index contributed by atoms with van der Waals surface area (Å²) in [6.45, 7) is 3.07. The van der Waals surface area contributed by atoms with Crippen LogP contribution in [0.4, 0.5) is 18.0 Å². The Morgan fingerprint density at radius 3 is 2.15 bits per heavy atom. The van der Waals surface area contributed by atoms with Crippen LogP contribution < -0.4 is 5.73 Å². The number of hydrogen-bond acceptors (Lipinski definition) is 4. The van der Waals surface area contributed by atoms with Crippen LogP contribution in [0, 0.1) is 0 Å². The molecule has 4 heterocycles. The molecule has 8 nitrogen and oxygen atoms in total. The van der Waals surface area contributed by atoms with Crippen molar-refractivity contribution in [3.8, 4) is 0 Å². The summed E-state index contributed by atoms with van der Waals surface area (Å²) >= 11 is 0. The molecule has 1 saturated carbocycles. The standard InChI is InChI=1S/C29H37F3N6O2.ClH/c30-29(31,32)24-5-2-1-4-22(24)25-6-3-13-37(25)27(39)23-18-34-38(26(23)19-7-8-19)21-11-16-36(17-12-21)28(40)35-14-9-20(33)10-15-35;/h1-2,4-5,18-21,25H,3,6-17,33H2;1H. The van der Waals surface area contributed by atoms with Crippen LogP contribution in [0.2, 0.25) is 0 Å². The molecular weight excluding hydrogens is 557 g/mol. The van der Waals surface area contributed by atoms with E-state index in [1.165, 1.54) is 12.1 Å². The van der Waals surface area contributed by atoms with Crippen molar-refractivity contribution in [2.24, 2.45) is 5.73 Å². The van der Waals surface area contributed by atoms with Gasteiger partial charge in [-0.25, -0.2) is 4.79 Å². The number of carbonyl (C=O) groups excluding carboxylic acids is 2. The molecule has 224 valence electrons. The lowest BCUT2D eigenvalue weighted by Gasteiger charge is -2.38. The highest BCUT2D eigenvalue weighted by atomic mass is 35.5. The second kappa shape index (κ2) is 11.8. The molecule has 1 aromatic carbocycles. The van der Waals surface area contributed by atoms with Gasteiger partial charge in [0.1, 0.15) is 0 Å². The number of alkyl halides is 3. The predicted molar refractivity (Wildman–Crippen MR) is 150 cm³/mol. The Labute approximate surface area is 244 Å². The summed E-state index contributed by atoms with van der Waals surface area (Å²) < 4.78 is 43.4. The van der Waals surface area contributed by atoms with Gasteiger partial charge in [0.25, 0.3) is 5.91 Å². The molecule has 41 heavy (non-hydrogen) atoms. The molecule has 3 aliphatic heterocycles. The van der Waals surface area contributed by atoms with E-state index in [2.05, 4.69) is 5.10 Å². The number of piperidine rings is 2. The maximum atomic E-state index is 13.9. The lowest BCUT2D eigenvalue weighted by Crippen LogP contribution is -2.51. The molecular formula is C29H38ClF3N6O2. The summed E-state index contributed by atoms with van der Waals surface area (Å²) in [6.07, 6.45) is 3.41. The fraction of sp³-hybridized carbons (Fsp3) is 0.621. The highest BCUT2D eigenvalue weighted by Gasteiger charge is 2.42. The first-order valence-corrected chi connectivity index (χ1v) is 14.6. The first kappa shape index (κ1) is 29.7. The zero-order valence-electron chi connectivity index (χ0n) is 23.1. The van der Waals surface area contributed by atoms with Crippen molar-refractivity contribution in [3.05, 3.63) is 52.8 Å². The summed E-state index contributed by atoms with van der Waals surface area (Å²) in [7, 11) is 0. The van der Waals surface area contributed by atoms with Gasteiger partial charge in [0.15, 0.2) is 0 Å². The number of benzene rings is 1. The molecule has 6 rings (SSSR count). The average molecular weight is 595 g/mol. The molecule has 0 spiro atoms. The molecule has 0 radical (unpaired) electrons. The lowest BCUT2D eigenvalue weighted by atomic mass is 9.97. The molecule has 2 aromatic rings. The summed E-state index contributed by atoms with van der Waals surface area (Å²) in [6, 6.07) is 5.31. The molecule has 0 bridgehead atoms. The van der Waals surface area contributed by atoms with E-state index < -0.39 is 17.8 Å². The minimum absolute atomic E-state index is 0. The molecule has 1 aromatic heterocycles. The maximum absolute atomic E-state index is 13.9. The van der Waals surface area contributed by atoms with E-state index in [9.17, 15) is 22.8 Å². The van der Waals surface area contributed by atoms with Crippen LogP contribution in [-0.4, -0.2) is 75.2 Å². The molecule has 12 heteroatoms. The molecule has 2 N–H and O–H groups in total. The van der Waals surface area contributed by atoms with Crippen molar-refractivity contribution in [3.63, 3.8) is 0 Å². The van der Waals surface area contributed by atoms with Crippen molar-refractivity contribution in [2.45, 2.75) is 81.6 Å². The first-order valence-electron chi connectivity index (χ1n) is 14.6. The SMILES string of the molecule is Cl.NC1CCN(C(=O)N2CCC(n3ncc(C(=O)N4CCCC4c4ccccc4C(F)(F)F)c3C3CC3)CC2)CC1. The summed E-state index contributed by atoms with van der Waals surface area (Å²) in [4.78, 5) is 32.4. The molecule has 3 amide bonds. The van der Waals surface area contributed by atoms with E-state index in [0.29, 0.717) is 51.1 Å². The topological polar surface area (TPSA) is 87.7 Å². The van der Waals surface area contributed by atoms with E-state index in [-0.39, 0.29) is 47.9 Å². The van der Waals surface area contributed by atoms with Gasteiger partial charge in [-0.05, 0) is 63.0 Å². The number of nitrogens with two attached hydrogens (primary N) is 1. The number of hydrogen-bond donors (Lipinski definition) is 1. The predicted octanol–water partition coefficient (Wildman–Crippen LogP) is 5.36. The molecule has 4 fully saturated rings. The number of likely N-dealkylation sites (tertiary alicyclic amines) is 3. The van der Waals surface area contributed by atoms with E-state index in [1.807, 2.05) is 14.5 Å². The number of amides is 3. The fourth-order valence-electron chi connectivity index (χ4n) is 6.72. The fourth-order valence-corrected chi connectivity index (χ4v) is 6.72. The Morgan fingerprint density at radius 1 is 0.878 bits per heavy atom. The zero-order valence-corrected chi connectivity index (χ0v) is 23.9. The average Bonchev–Trinajstić information content (AvgIpc) is 3.50. The molecule has 1 unspecified atom stereocenters. The van der Waals surface area contributed by atoms with Gasteiger partial charge < -0.3 is 20.4 Å². The second-order valence-electron chi connectivity index (χ2n) is 11.7. The van der Waals surface area contributed by atoms with Crippen molar-refractivity contribution in [1.82, 2.24) is 24.5 Å². The normalized spacial score (nSPS) is 22.6. The monoisotopic (exact) mass is 594 g/mol. The third kappa shape index (κ3) is 5.93. The van der Waals surface area contributed by atoms with Crippen LogP contribution >= 0.6 is 12.4 Å². The highest BCUT2D eigenvalue weighted by molar-refractivity contribution is 5.96. The summed E-state index contributed by atoms with van der Waals surface area (Å²) in [5, 5.41) is 4.68. The van der Waals surface area contributed by atoms with E-state index in [4.69, 9.17) is 5.73 Å². The van der Waals surface area contributed by atoms with Gasteiger partial charge in [-0.3, -0.25) is 9.48 Å². The van der Waals surface area contributed by atoms with Crippen molar-refractivity contribution >= 4 is 24.3 Å². The number of urea groups is 1. The van der Waals surface area contributed by atoms with Crippen molar-refractivity contribution in [1.29, 1.82) is 0 Å². The zero-order chi connectivity index (χ0) is 28.0. The minimum atomic E-state index is -4.48.